The first-order valence-corrected chi connectivity index (χ1v) is 10.1. The van der Waals surface area contributed by atoms with Gasteiger partial charge in [-0.2, -0.15) is 0 Å². The summed E-state index contributed by atoms with van der Waals surface area (Å²) in [5, 5.41) is 3.66. The van der Waals surface area contributed by atoms with Crippen molar-refractivity contribution < 1.29 is 4.79 Å². The van der Waals surface area contributed by atoms with E-state index in [1.165, 1.54) is 11.3 Å². The van der Waals surface area contributed by atoms with E-state index in [0.29, 0.717) is 17.6 Å². The topological polar surface area (TPSA) is 84.2 Å². The van der Waals surface area contributed by atoms with Crippen molar-refractivity contribution in [1.29, 1.82) is 0 Å². The van der Waals surface area contributed by atoms with Crippen molar-refractivity contribution in [1.82, 2.24) is 14.9 Å². The van der Waals surface area contributed by atoms with Crippen molar-refractivity contribution in [2.75, 3.05) is 42.9 Å². The van der Waals surface area contributed by atoms with Crippen LogP contribution in [0.2, 0.25) is 5.02 Å². The van der Waals surface area contributed by atoms with Gasteiger partial charge in [0, 0.05) is 55.5 Å². The number of nitrogens with zero attached hydrogens (tertiary/aromatic N) is 2. The number of carbonyl (C=O) groups excluding carboxylic acids is 1. The number of imidazole rings is 1. The van der Waals surface area contributed by atoms with Gasteiger partial charge in [0.1, 0.15) is 0 Å². The first kappa shape index (κ1) is 19.5. The standard InChI is InChI=1S/C21H24ClN5O2/c1-14-2-3-15(22)12-19(14)27-10-8-26(9-11-27)7-6-20(28)23-16-4-5-17-18(13-16)25-21(29)24-17/h2-5,12-13H,6-11H2,1H3,(H,23,28)(H2,24,25,29). The van der Waals surface area contributed by atoms with Crippen LogP contribution in [0.3, 0.4) is 0 Å². The van der Waals surface area contributed by atoms with Crippen LogP contribution in [-0.4, -0.2) is 53.5 Å². The summed E-state index contributed by atoms with van der Waals surface area (Å²) in [5.74, 6) is -0.0321. The minimum Gasteiger partial charge on any atom is -0.369 e. The number of aromatic amines is 2. The predicted octanol–water partition coefficient (Wildman–Crippen LogP) is 2.97. The Kier molecular flexibility index (Phi) is 5.60. The highest BCUT2D eigenvalue weighted by Gasteiger charge is 2.19. The van der Waals surface area contributed by atoms with Crippen LogP contribution in [0, 0.1) is 6.92 Å². The Morgan fingerprint density at radius 2 is 1.83 bits per heavy atom. The van der Waals surface area contributed by atoms with Crippen LogP contribution in [0.4, 0.5) is 11.4 Å². The maximum absolute atomic E-state index is 12.3. The van der Waals surface area contributed by atoms with Crippen LogP contribution in [0.5, 0.6) is 0 Å². The quantitative estimate of drug-likeness (QED) is 0.600. The minimum absolute atomic E-state index is 0.0321. The molecule has 3 N–H and O–H groups in total. The Morgan fingerprint density at radius 1 is 1.07 bits per heavy atom. The number of hydrogen-bond acceptors (Lipinski definition) is 4. The van der Waals surface area contributed by atoms with Crippen LogP contribution in [0.1, 0.15) is 12.0 Å². The second kappa shape index (κ2) is 8.31. The number of benzene rings is 2. The van der Waals surface area contributed by atoms with Gasteiger partial charge in [-0.25, -0.2) is 4.79 Å². The van der Waals surface area contributed by atoms with Gasteiger partial charge in [0.05, 0.1) is 11.0 Å². The minimum atomic E-state index is -0.254. The van der Waals surface area contributed by atoms with E-state index in [1.807, 2.05) is 12.1 Å². The lowest BCUT2D eigenvalue weighted by molar-refractivity contribution is -0.116. The normalized spacial score (nSPS) is 15.0. The highest BCUT2D eigenvalue weighted by Crippen LogP contribution is 2.25. The monoisotopic (exact) mass is 413 g/mol. The lowest BCUT2D eigenvalue weighted by Crippen LogP contribution is -2.47. The Balaban J connectivity index is 1.27. The molecule has 1 aromatic heterocycles. The van der Waals surface area contributed by atoms with Crippen LogP contribution in [0.15, 0.2) is 41.2 Å². The molecule has 3 aromatic rings. The fraction of sp³-hybridized carbons (Fsp3) is 0.333. The molecule has 0 bridgehead atoms. The Hall–Kier alpha value is -2.77. The van der Waals surface area contributed by atoms with E-state index in [2.05, 4.69) is 38.1 Å². The van der Waals surface area contributed by atoms with E-state index in [4.69, 9.17) is 11.6 Å². The van der Waals surface area contributed by atoms with E-state index in [0.717, 1.165) is 43.3 Å². The lowest BCUT2D eigenvalue weighted by atomic mass is 10.1. The zero-order valence-electron chi connectivity index (χ0n) is 16.3. The molecule has 1 aliphatic rings. The summed E-state index contributed by atoms with van der Waals surface area (Å²) in [4.78, 5) is 33.7. The number of aromatic nitrogens is 2. The van der Waals surface area contributed by atoms with Gasteiger partial charge >= 0.3 is 5.69 Å². The van der Waals surface area contributed by atoms with Crippen molar-refractivity contribution in [3.8, 4) is 0 Å². The summed E-state index contributed by atoms with van der Waals surface area (Å²) in [5.41, 5.74) is 4.24. The molecule has 8 heteroatoms. The molecule has 2 heterocycles. The Labute approximate surface area is 173 Å². The van der Waals surface area contributed by atoms with E-state index in [1.54, 1.807) is 18.2 Å². The maximum Gasteiger partial charge on any atom is 0.323 e. The highest BCUT2D eigenvalue weighted by atomic mass is 35.5. The van der Waals surface area contributed by atoms with Crippen LogP contribution < -0.4 is 15.9 Å². The van der Waals surface area contributed by atoms with E-state index in [-0.39, 0.29) is 11.6 Å². The molecule has 0 spiro atoms. The van der Waals surface area contributed by atoms with E-state index >= 15 is 0 Å². The highest BCUT2D eigenvalue weighted by molar-refractivity contribution is 6.30. The van der Waals surface area contributed by atoms with Crippen LogP contribution in [0.25, 0.3) is 11.0 Å². The van der Waals surface area contributed by atoms with Crippen molar-refractivity contribution in [2.45, 2.75) is 13.3 Å². The van der Waals surface area contributed by atoms with Gasteiger partial charge in [-0.1, -0.05) is 17.7 Å². The van der Waals surface area contributed by atoms with E-state index in [9.17, 15) is 9.59 Å². The third-order valence-corrected chi connectivity index (χ3v) is 5.57. The van der Waals surface area contributed by atoms with Crippen LogP contribution in [-0.2, 0) is 4.79 Å². The van der Waals surface area contributed by atoms with Crippen LogP contribution >= 0.6 is 11.6 Å². The maximum atomic E-state index is 12.3. The first-order chi connectivity index (χ1) is 14.0. The Bertz CT molecular complexity index is 1080. The fourth-order valence-electron chi connectivity index (χ4n) is 3.73. The number of aryl methyl sites for hydroxylation is 1. The zero-order chi connectivity index (χ0) is 20.4. The largest absolute Gasteiger partial charge is 0.369 e. The molecular weight excluding hydrogens is 390 g/mol. The van der Waals surface area contributed by atoms with Crippen molar-refractivity contribution in [3.05, 3.63) is 57.5 Å². The molecule has 0 aliphatic carbocycles. The first-order valence-electron chi connectivity index (χ1n) is 9.73. The summed E-state index contributed by atoms with van der Waals surface area (Å²) < 4.78 is 0. The molecule has 0 atom stereocenters. The number of carbonyl (C=O) groups is 1. The number of amides is 1. The average molecular weight is 414 g/mol. The van der Waals surface area contributed by atoms with Gasteiger partial charge in [-0.3, -0.25) is 9.69 Å². The van der Waals surface area contributed by atoms with Gasteiger partial charge in [-0.15, -0.1) is 0 Å². The van der Waals surface area contributed by atoms with E-state index < -0.39 is 0 Å². The molecule has 0 unspecified atom stereocenters. The third-order valence-electron chi connectivity index (χ3n) is 5.34. The summed E-state index contributed by atoms with van der Waals surface area (Å²) in [6.07, 6.45) is 0.428. The smallest absolute Gasteiger partial charge is 0.323 e. The number of piperazine rings is 1. The van der Waals surface area contributed by atoms with Crippen molar-refractivity contribution in [2.24, 2.45) is 0 Å². The number of anilines is 2. The molecule has 29 heavy (non-hydrogen) atoms. The molecule has 1 amide bonds. The van der Waals surface area contributed by atoms with Gasteiger partial charge in [-0.05, 0) is 42.8 Å². The Morgan fingerprint density at radius 3 is 2.62 bits per heavy atom. The van der Waals surface area contributed by atoms with Gasteiger partial charge in [0.25, 0.3) is 0 Å². The number of halogens is 1. The molecule has 1 aliphatic heterocycles. The molecule has 1 saturated heterocycles. The second-order valence-corrected chi connectivity index (χ2v) is 7.83. The summed E-state index contributed by atoms with van der Waals surface area (Å²) in [7, 11) is 0. The number of fused-ring (bicyclic) bond motifs is 1. The number of H-pyrrole nitrogens is 2. The average Bonchev–Trinajstić information content (AvgIpc) is 3.08. The molecule has 0 saturated carbocycles. The van der Waals surface area contributed by atoms with Gasteiger partial charge in [0.2, 0.25) is 5.91 Å². The zero-order valence-corrected chi connectivity index (χ0v) is 17.1. The molecule has 4 rings (SSSR count). The second-order valence-electron chi connectivity index (χ2n) is 7.40. The summed E-state index contributed by atoms with van der Waals surface area (Å²) >= 11 is 6.15. The number of nitrogens with one attached hydrogen (secondary N) is 3. The predicted molar refractivity (Wildman–Crippen MR) is 117 cm³/mol. The number of rotatable bonds is 5. The van der Waals surface area contributed by atoms with Crippen molar-refractivity contribution in [3.63, 3.8) is 0 Å². The summed E-state index contributed by atoms with van der Waals surface area (Å²) in [6, 6.07) is 11.3. The van der Waals surface area contributed by atoms with Crippen molar-refractivity contribution >= 4 is 39.9 Å². The molecule has 2 aromatic carbocycles. The molecular formula is C21H24ClN5O2. The SMILES string of the molecule is Cc1ccc(Cl)cc1N1CCN(CCC(=O)Nc2ccc3[nH]c(=O)[nH]c3c2)CC1. The fourth-order valence-corrected chi connectivity index (χ4v) is 3.90. The molecule has 1 fully saturated rings. The van der Waals surface area contributed by atoms with Gasteiger partial charge < -0.3 is 20.2 Å². The summed E-state index contributed by atoms with van der Waals surface area (Å²) in [6.45, 7) is 6.48. The van der Waals surface area contributed by atoms with Gasteiger partial charge in [0.15, 0.2) is 0 Å². The molecule has 7 nitrogen and oxygen atoms in total. The lowest BCUT2D eigenvalue weighted by Gasteiger charge is -2.36. The molecule has 152 valence electrons. The third kappa shape index (κ3) is 4.63. The number of hydrogen-bond donors (Lipinski definition) is 3. The molecule has 0 radical (unpaired) electrons.